The van der Waals surface area contributed by atoms with Crippen molar-refractivity contribution in [2.75, 3.05) is 0 Å². The predicted molar refractivity (Wildman–Crippen MR) is 113 cm³/mol. The molecule has 5 rings (SSSR count). The number of fused-ring (bicyclic) bond motifs is 3. The Morgan fingerprint density at radius 1 is 0.903 bits per heavy atom. The summed E-state index contributed by atoms with van der Waals surface area (Å²) in [7, 11) is 0. The summed E-state index contributed by atoms with van der Waals surface area (Å²) in [6, 6.07) is 21.9. The first-order valence-electron chi connectivity index (χ1n) is 9.41. The Morgan fingerprint density at radius 2 is 1.65 bits per heavy atom. The number of rotatable bonds is 4. The maximum Gasteiger partial charge on any atom is 0.280 e. The number of benzene rings is 3. The molecule has 0 fully saturated rings. The molecule has 2 aromatic heterocycles. The Morgan fingerprint density at radius 3 is 2.45 bits per heavy atom. The van der Waals surface area contributed by atoms with Gasteiger partial charge in [0.1, 0.15) is 11.5 Å². The monoisotopic (exact) mass is 409 g/mol. The number of aromatic nitrogens is 1. The molecule has 0 N–H and O–H groups in total. The molecule has 2 heterocycles. The zero-order chi connectivity index (χ0) is 21.5. The van der Waals surface area contributed by atoms with E-state index in [2.05, 4.69) is 4.98 Å². The summed E-state index contributed by atoms with van der Waals surface area (Å²) in [6.07, 6.45) is 0. The number of para-hydroxylation sites is 1. The van der Waals surface area contributed by atoms with E-state index in [1.165, 1.54) is 12.1 Å². The van der Waals surface area contributed by atoms with Crippen molar-refractivity contribution in [3.63, 3.8) is 0 Å². The molecule has 0 atom stereocenters. The molecule has 0 aliphatic carbocycles. The maximum absolute atomic E-state index is 11.9. The lowest BCUT2D eigenvalue weighted by Crippen LogP contribution is -2.22. The van der Waals surface area contributed by atoms with Crippen LogP contribution in [0, 0.1) is 10.1 Å². The molecule has 3 aromatic carbocycles. The minimum Gasteiger partial charge on any atom is -0.545 e. The van der Waals surface area contributed by atoms with E-state index in [0.29, 0.717) is 27.9 Å². The summed E-state index contributed by atoms with van der Waals surface area (Å²) in [6.45, 7) is 0. The molecular formula is C24H13N2O5-. The fraction of sp³-hybridized carbons (Fsp3) is 0. The standard InChI is InChI=1S/C24H14N2O5/c27-24(28)17-13-19(25-18-10-9-14-5-1-2-6-15(14)23(17)18)22-12-11-21(31-22)16-7-3-4-8-20(16)26(29)30/h1-13H,(H,27,28)/p-1. The van der Waals surface area contributed by atoms with Crippen LogP contribution in [0.25, 0.3) is 44.5 Å². The molecule has 7 heteroatoms. The number of carbonyl (C=O) groups is 1. The molecule has 0 amide bonds. The number of carboxylic acid groups (broad SMARTS) is 1. The van der Waals surface area contributed by atoms with Gasteiger partial charge >= 0.3 is 0 Å². The lowest BCUT2D eigenvalue weighted by Gasteiger charge is -2.12. The summed E-state index contributed by atoms with van der Waals surface area (Å²) in [5, 5.41) is 25.4. The van der Waals surface area contributed by atoms with Crippen molar-refractivity contribution < 1.29 is 19.2 Å². The average Bonchev–Trinajstić information content (AvgIpc) is 3.28. The zero-order valence-corrected chi connectivity index (χ0v) is 15.9. The van der Waals surface area contributed by atoms with Gasteiger partial charge < -0.3 is 14.3 Å². The Labute approximate surface area is 175 Å². The molecule has 150 valence electrons. The molecule has 0 aliphatic heterocycles. The van der Waals surface area contributed by atoms with Gasteiger partial charge in [-0.25, -0.2) is 4.98 Å². The molecule has 0 spiro atoms. The average molecular weight is 409 g/mol. The highest BCUT2D eigenvalue weighted by Crippen LogP contribution is 2.35. The SMILES string of the molecule is O=C([O-])c1cc(-c2ccc(-c3ccccc3[N+](=O)[O-])o2)nc2ccc3ccccc3c12. The number of carbonyl (C=O) groups excluding carboxylic acids is 1. The topological polar surface area (TPSA) is 109 Å². The van der Waals surface area contributed by atoms with Gasteiger partial charge in [-0.3, -0.25) is 10.1 Å². The third kappa shape index (κ3) is 3.08. The van der Waals surface area contributed by atoms with Crippen LogP contribution in [0.15, 0.2) is 83.3 Å². The largest absolute Gasteiger partial charge is 0.545 e. The van der Waals surface area contributed by atoms with E-state index >= 15 is 0 Å². The molecular weight excluding hydrogens is 396 g/mol. The molecule has 0 saturated carbocycles. The maximum atomic E-state index is 11.9. The third-order valence-corrected chi connectivity index (χ3v) is 5.14. The normalized spacial score (nSPS) is 11.1. The van der Waals surface area contributed by atoms with Gasteiger partial charge in [-0.05, 0) is 41.1 Å². The van der Waals surface area contributed by atoms with E-state index in [4.69, 9.17) is 4.42 Å². The van der Waals surface area contributed by atoms with Gasteiger partial charge in [-0.15, -0.1) is 0 Å². The van der Waals surface area contributed by atoms with E-state index in [9.17, 15) is 20.0 Å². The van der Waals surface area contributed by atoms with E-state index in [0.717, 1.165) is 10.8 Å². The summed E-state index contributed by atoms with van der Waals surface area (Å²) in [5.74, 6) is -0.737. The number of furan rings is 1. The first-order valence-corrected chi connectivity index (χ1v) is 9.41. The number of pyridine rings is 1. The van der Waals surface area contributed by atoms with Gasteiger partial charge in [-0.2, -0.15) is 0 Å². The van der Waals surface area contributed by atoms with Crippen LogP contribution < -0.4 is 5.11 Å². The summed E-state index contributed by atoms with van der Waals surface area (Å²) >= 11 is 0. The minimum absolute atomic E-state index is 0.000409. The second kappa shape index (κ2) is 7.07. The molecule has 7 nitrogen and oxygen atoms in total. The highest BCUT2D eigenvalue weighted by molar-refractivity contribution is 6.15. The van der Waals surface area contributed by atoms with Crippen LogP contribution in [0.4, 0.5) is 5.69 Å². The second-order valence-corrected chi connectivity index (χ2v) is 6.96. The van der Waals surface area contributed by atoms with E-state index in [-0.39, 0.29) is 17.0 Å². The van der Waals surface area contributed by atoms with Gasteiger partial charge in [0, 0.05) is 17.0 Å². The van der Waals surface area contributed by atoms with Crippen LogP contribution in [0.3, 0.4) is 0 Å². The molecule has 0 saturated heterocycles. The van der Waals surface area contributed by atoms with Crippen LogP contribution >= 0.6 is 0 Å². The van der Waals surface area contributed by atoms with Crippen LogP contribution in [-0.4, -0.2) is 15.9 Å². The molecule has 5 aromatic rings. The zero-order valence-electron chi connectivity index (χ0n) is 15.9. The van der Waals surface area contributed by atoms with Gasteiger partial charge in [0.25, 0.3) is 5.69 Å². The minimum atomic E-state index is -1.32. The molecule has 0 bridgehead atoms. The van der Waals surface area contributed by atoms with Gasteiger partial charge in [0.05, 0.1) is 22.0 Å². The van der Waals surface area contributed by atoms with Gasteiger partial charge in [0.2, 0.25) is 0 Å². The number of aromatic carboxylic acids is 1. The number of nitro groups is 1. The van der Waals surface area contributed by atoms with E-state index in [1.54, 1.807) is 36.4 Å². The van der Waals surface area contributed by atoms with Crippen molar-refractivity contribution in [3.05, 3.63) is 94.5 Å². The van der Waals surface area contributed by atoms with E-state index < -0.39 is 10.9 Å². The number of hydrogen-bond donors (Lipinski definition) is 0. The lowest BCUT2D eigenvalue weighted by atomic mass is 10.00. The first kappa shape index (κ1) is 18.5. The smallest absolute Gasteiger partial charge is 0.280 e. The van der Waals surface area contributed by atoms with Gasteiger partial charge in [0.15, 0.2) is 5.76 Å². The van der Waals surface area contributed by atoms with Gasteiger partial charge in [-0.1, -0.05) is 42.5 Å². The quantitative estimate of drug-likeness (QED) is 0.244. The second-order valence-electron chi connectivity index (χ2n) is 6.96. The first-order chi connectivity index (χ1) is 15.0. The Bertz CT molecular complexity index is 1500. The summed E-state index contributed by atoms with van der Waals surface area (Å²) in [5.41, 5.74) is 1.02. The lowest BCUT2D eigenvalue weighted by molar-refractivity contribution is -0.384. The number of hydrogen-bond acceptors (Lipinski definition) is 6. The van der Waals surface area contributed by atoms with Crippen molar-refractivity contribution in [2.24, 2.45) is 0 Å². The van der Waals surface area contributed by atoms with Crippen molar-refractivity contribution in [3.8, 4) is 22.8 Å². The fourth-order valence-corrected chi connectivity index (χ4v) is 3.76. The highest BCUT2D eigenvalue weighted by Gasteiger charge is 2.19. The number of nitrogens with zero attached hydrogens (tertiary/aromatic N) is 2. The predicted octanol–water partition coefficient (Wildman–Crippen LogP) is 4.59. The van der Waals surface area contributed by atoms with Crippen molar-refractivity contribution in [2.45, 2.75) is 0 Å². The molecule has 0 unspecified atom stereocenters. The fourth-order valence-electron chi connectivity index (χ4n) is 3.76. The van der Waals surface area contributed by atoms with Crippen LogP contribution in [0.1, 0.15) is 10.4 Å². The van der Waals surface area contributed by atoms with Crippen LogP contribution in [0.2, 0.25) is 0 Å². The van der Waals surface area contributed by atoms with E-state index in [1.807, 2.05) is 30.3 Å². The molecule has 0 radical (unpaired) electrons. The van der Waals surface area contributed by atoms with Crippen molar-refractivity contribution >= 4 is 33.3 Å². The van der Waals surface area contributed by atoms with Crippen LogP contribution in [-0.2, 0) is 0 Å². The molecule has 31 heavy (non-hydrogen) atoms. The summed E-state index contributed by atoms with van der Waals surface area (Å²) in [4.78, 5) is 27.4. The Kier molecular flexibility index (Phi) is 4.22. The Hall–Kier alpha value is -4.52. The third-order valence-electron chi connectivity index (χ3n) is 5.14. The van der Waals surface area contributed by atoms with Crippen molar-refractivity contribution in [1.82, 2.24) is 4.98 Å². The number of carboxylic acids is 1. The summed E-state index contributed by atoms with van der Waals surface area (Å²) < 4.78 is 5.84. The number of nitro benzene ring substituents is 1. The molecule has 0 aliphatic rings. The van der Waals surface area contributed by atoms with Crippen molar-refractivity contribution in [1.29, 1.82) is 0 Å². The van der Waals surface area contributed by atoms with Crippen LogP contribution in [0.5, 0.6) is 0 Å². The Balaban J connectivity index is 1.70. The highest BCUT2D eigenvalue weighted by atomic mass is 16.6.